The van der Waals surface area contributed by atoms with Gasteiger partial charge in [0.15, 0.2) is 5.84 Å². The first kappa shape index (κ1) is 17.2. The lowest BCUT2D eigenvalue weighted by molar-refractivity contribution is 0.305. The maximum Gasteiger partial charge on any atom is 0.256 e. The SMILES string of the molecule is CC(C)C[Si](OCC(N)=NO)(c1ccccc1)c1ccccc1. The molecule has 0 aliphatic heterocycles. The Morgan fingerprint density at radius 3 is 1.91 bits per heavy atom. The average molecular weight is 328 g/mol. The third kappa shape index (κ3) is 4.21. The van der Waals surface area contributed by atoms with Crippen molar-refractivity contribution in [3.63, 3.8) is 0 Å². The zero-order valence-electron chi connectivity index (χ0n) is 13.6. The number of nitrogens with two attached hydrogens (primary N) is 1. The van der Waals surface area contributed by atoms with E-state index in [4.69, 9.17) is 15.4 Å². The first-order chi connectivity index (χ1) is 11.1. The van der Waals surface area contributed by atoms with E-state index in [9.17, 15) is 0 Å². The van der Waals surface area contributed by atoms with Gasteiger partial charge in [-0.25, -0.2) is 0 Å². The van der Waals surface area contributed by atoms with Crippen LogP contribution >= 0.6 is 0 Å². The van der Waals surface area contributed by atoms with Crippen molar-refractivity contribution in [2.45, 2.75) is 19.9 Å². The second-order valence-electron chi connectivity index (χ2n) is 6.04. The van der Waals surface area contributed by atoms with Crippen LogP contribution in [0.5, 0.6) is 0 Å². The van der Waals surface area contributed by atoms with Gasteiger partial charge in [0.05, 0.1) is 6.61 Å². The van der Waals surface area contributed by atoms with E-state index in [0.29, 0.717) is 5.92 Å². The molecule has 3 N–H and O–H groups in total. The van der Waals surface area contributed by atoms with Gasteiger partial charge in [-0.3, -0.25) is 0 Å². The number of benzene rings is 2. The van der Waals surface area contributed by atoms with Crippen molar-refractivity contribution in [3.8, 4) is 0 Å². The fourth-order valence-electron chi connectivity index (χ4n) is 2.84. The molecule has 2 aromatic carbocycles. The van der Waals surface area contributed by atoms with E-state index < -0.39 is 8.32 Å². The summed E-state index contributed by atoms with van der Waals surface area (Å²) in [6.07, 6.45) is 0. The molecule has 0 bridgehead atoms. The van der Waals surface area contributed by atoms with E-state index in [1.54, 1.807) is 0 Å². The summed E-state index contributed by atoms with van der Waals surface area (Å²) < 4.78 is 6.39. The lowest BCUT2D eigenvalue weighted by Crippen LogP contribution is -2.62. The Morgan fingerprint density at radius 2 is 1.52 bits per heavy atom. The van der Waals surface area contributed by atoms with Crippen molar-refractivity contribution in [1.29, 1.82) is 0 Å². The summed E-state index contributed by atoms with van der Waals surface area (Å²) in [4.78, 5) is 0. The molecule has 0 aliphatic rings. The summed E-state index contributed by atoms with van der Waals surface area (Å²) in [5.41, 5.74) is 5.66. The zero-order valence-corrected chi connectivity index (χ0v) is 14.6. The monoisotopic (exact) mass is 328 g/mol. The molecule has 0 aliphatic carbocycles. The quantitative estimate of drug-likeness (QED) is 0.269. The van der Waals surface area contributed by atoms with Crippen LogP contribution in [0.15, 0.2) is 65.8 Å². The lowest BCUT2D eigenvalue weighted by Gasteiger charge is -2.33. The Kier molecular flexibility index (Phi) is 5.95. The van der Waals surface area contributed by atoms with Gasteiger partial charge in [0.25, 0.3) is 8.32 Å². The molecule has 0 fully saturated rings. The molecule has 0 amide bonds. The maximum atomic E-state index is 8.85. The normalized spacial score (nSPS) is 12.6. The summed E-state index contributed by atoms with van der Waals surface area (Å²) in [5, 5.41) is 14.3. The van der Waals surface area contributed by atoms with E-state index in [0.717, 1.165) is 6.04 Å². The largest absolute Gasteiger partial charge is 0.409 e. The lowest BCUT2D eigenvalue weighted by atomic mass is 10.3. The highest BCUT2D eigenvalue weighted by atomic mass is 28.4. The molecule has 0 aromatic heterocycles. The number of nitrogens with zero attached hydrogens (tertiary/aromatic N) is 1. The van der Waals surface area contributed by atoms with Crippen molar-refractivity contribution in [2.75, 3.05) is 6.61 Å². The van der Waals surface area contributed by atoms with Crippen LogP contribution in [0.4, 0.5) is 0 Å². The third-order valence-corrected chi connectivity index (χ3v) is 8.33. The predicted octanol–water partition coefficient (Wildman–Crippen LogP) is 2.17. The van der Waals surface area contributed by atoms with Crippen LogP contribution in [-0.2, 0) is 4.43 Å². The second-order valence-corrected chi connectivity index (χ2v) is 9.54. The third-order valence-electron chi connectivity index (χ3n) is 3.77. The van der Waals surface area contributed by atoms with E-state index in [-0.39, 0.29) is 12.4 Å². The van der Waals surface area contributed by atoms with E-state index >= 15 is 0 Å². The molecular formula is C18H24N2O2Si. The fraction of sp³-hybridized carbons (Fsp3) is 0.278. The molecule has 23 heavy (non-hydrogen) atoms. The van der Waals surface area contributed by atoms with Crippen LogP contribution in [-0.4, -0.2) is 26.0 Å². The Balaban J connectivity index is 2.53. The molecule has 0 saturated carbocycles. The standard InChI is InChI=1S/C18H24N2O2Si/c1-15(2)14-23(22-13-18(19)20-21,16-9-5-3-6-10-16)17-11-7-4-8-12-17/h3-12,15,21H,13-14H2,1-2H3,(H2,19,20). The van der Waals surface area contributed by atoms with E-state index in [1.807, 2.05) is 36.4 Å². The number of rotatable bonds is 7. The summed E-state index contributed by atoms with van der Waals surface area (Å²) >= 11 is 0. The minimum atomic E-state index is -2.46. The van der Waals surface area contributed by atoms with Gasteiger partial charge < -0.3 is 15.4 Å². The van der Waals surface area contributed by atoms with Gasteiger partial charge in [-0.15, -0.1) is 0 Å². The van der Waals surface area contributed by atoms with Crippen molar-refractivity contribution < 1.29 is 9.63 Å². The van der Waals surface area contributed by atoms with Gasteiger partial charge >= 0.3 is 0 Å². The molecule has 0 heterocycles. The van der Waals surface area contributed by atoms with Crippen LogP contribution < -0.4 is 16.1 Å². The Morgan fingerprint density at radius 1 is 1.04 bits per heavy atom. The number of hydrogen-bond donors (Lipinski definition) is 2. The van der Waals surface area contributed by atoms with Crippen molar-refractivity contribution in [1.82, 2.24) is 0 Å². The van der Waals surface area contributed by atoms with Crippen LogP contribution in [0.25, 0.3) is 0 Å². The molecule has 0 unspecified atom stereocenters. The minimum absolute atomic E-state index is 0.0949. The van der Waals surface area contributed by atoms with Gasteiger partial charge in [-0.05, 0) is 22.3 Å². The highest BCUT2D eigenvalue weighted by Gasteiger charge is 2.40. The highest BCUT2D eigenvalue weighted by Crippen LogP contribution is 2.19. The van der Waals surface area contributed by atoms with Crippen molar-refractivity contribution in [3.05, 3.63) is 60.7 Å². The smallest absolute Gasteiger partial charge is 0.256 e. The fourth-order valence-corrected chi connectivity index (χ4v) is 7.11. The van der Waals surface area contributed by atoms with Gasteiger partial charge in [0, 0.05) is 0 Å². The molecule has 5 heteroatoms. The maximum absolute atomic E-state index is 8.85. The van der Waals surface area contributed by atoms with Crippen LogP contribution in [0.1, 0.15) is 13.8 Å². The molecule has 2 rings (SSSR count). The van der Waals surface area contributed by atoms with Gasteiger partial charge in [0.1, 0.15) is 0 Å². The molecule has 0 saturated heterocycles. The summed E-state index contributed by atoms with van der Waals surface area (Å²) in [6.45, 7) is 4.51. The van der Waals surface area contributed by atoms with Crippen molar-refractivity contribution >= 4 is 24.5 Å². The van der Waals surface area contributed by atoms with Gasteiger partial charge in [-0.1, -0.05) is 79.7 Å². The highest BCUT2D eigenvalue weighted by molar-refractivity contribution is 6.97. The molecule has 4 nitrogen and oxygen atoms in total. The Bertz CT molecular complexity index is 590. The number of amidine groups is 1. The van der Waals surface area contributed by atoms with Gasteiger partial charge in [-0.2, -0.15) is 0 Å². The Labute approximate surface area is 138 Å². The number of oxime groups is 1. The summed E-state index contributed by atoms with van der Waals surface area (Å²) in [6, 6.07) is 21.6. The molecule has 0 spiro atoms. The van der Waals surface area contributed by atoms with Crippen LogP contribution in [0, 0.1) is 5.92 Å². The predicted molar refractivity (Wildman–Crippen MR) is 96.9 cm³/mol. The summed E-state index contributed by atoms with van der Waals surface area (Å²) in [7, 11) is -2.46. The zero-order chi connectivity index (χ0) is 16.7. The average Bonchev–Trinajstić information content (AvgIpc) is 2.59. The molecule has 0 radical (unpaired) electrons. The summed E-state index contributed by atoms with van der Waals surface area (Å²) in [5.74, 6) is 0.562. The Hall–Kier alpha value is -2.11. The van der Waals surface area contributed by atoms with Gasteiger partial charge in [0.2, 0.25) is 0 Å². The number of hydrogen-bond acceptors (Lipinski definition) is 3. The molecular weight excluding hydrogens is 304 g/mol. The molecule has 0 atom stereocenters. The van der Waals surface area contributed by atoms with E-state index in [2.05, 4.69) is 43.3 Å². The first-order valence-corrected chi connectivity index (χ1v) is 9.91. The van der Waals surface area contributed by atoms with Crippen LogP contribution in [0.3, 0.4) is 0 Å². The minimum Gasteiger partial charge on any atom is -0.409 e. The molecule has 2 aromatic rings. The van der Waals surface area contributed by atoms with Crippen molar-refractivity contribution in [2.24, 2.45) is 16.8 Å². The molecule has 122 valence electrons. The van der Waals surface area contributed by atoms with Crippen LogP contribution in [0.2, 0.25) is 6.04 Å². The first-order valence-electron chi connectivity index (χ1n) is 7.80. The van der Waals surface area contributed by atoms with E-state index in [1.165, 1.54) is 10.4 Å². The topological polar surface area (TPSA) is 67.8 Å². The second kappa shape index (κ2) is 7.94.